The molecule has 0 aliphatic carbocycles. The summed E-state index contributed by atoms with van der Waals surface area (Å²) in [5.74, 6) is 0.980. The Morgan fingerprint density at radius 2 is 1.67 bits per heavy atom. The van der Waals surface area contributed by atoms with Crippen molar-refractivity contribution in [3.63, 3.8) is 0 Å². The van der Waals surface area contributed by atoms with E-state index in [1.165, 1.54) is 12.3 Å². The van der Waals surface area contributed by atoms with E-state index in [2.05, 4.69) is 20.9 Å². The molecule has 136 valence electrons. The number of nitrogens with zero attached hydrogens (tertiary/aromatic N) is 2. The molecule has 0 unspecified atom stereocenters. The van der Waals surface area contributed by atoms with E-state index in [1.54, 1.807) is 30.3 Å². The highest BCUT2D eigenvalue weighted by molar-refractivity contribution is 9.10. The van der Waals surface area contributed by atoms with Crippen molar-refractivity contribution in [3.8, 4) is 17.2 Å². The molecule has 0 amide bonds. The molecule has 0 radical (unpaired) electrons. The SMILES string of the molecule is Cc1ccc(Oc2ccc(N=Cc3cc(Br)cc([N+](=O)[O-])c3O)cc2)cc1. The first-order chi connectivity index (χ1) is 12.9. The number of hydrogen-bond acceptors (Lipinski definition) is 5. The van der Waals surface area contributed by atoms with Crippen LogP contribution in [0.5, 0.6) is 17.2 Å². The van der Waals surface area contributed by atoms with Crippen LogP contribution in [0.2, 0.25) is 0 Å². The van der Waals surface area contributed by atoms with E-state index >= 15 is 0 Å². The highest BCUT2D eigenvalue weighted by Gasteiger charge is 2.17. The molecule has 0 aliphatic heterocycles. The van der Waals surface area contributed by atoms with E-state index in [-0.39, 0.29) is 11.3 Å². The summed E-state index contributed by atoms with van der Waals surface area (Å²) in [6, 6.07) is 17.6. The number of rotatable bonds is 5. The van der Waals surface area contributed by atoms with Crippen LogP contribution < -0.4 is 4.74 Å². The van der Waals surface area contributed by atoms with Crippen molar-refractivity contribution < 1.29 is 14.8 Å². The number of aryl methyl sites for hydroxylation is 1. The van der Waals surface area contributed by atoms with Gasteiger partial charge < -0.3 is 9.84 Å². The Balaban J connectivity index is 1.76. The Kier molecular flexibility index (Phi) is 5.52. The Labute approximate surface area is 164 Å². The number of ether oxygens (including phenoxy) is 1. The molecule has 0 aromatic heterocycles. The van der Waals surface area contributed by atoms with Gasteiger partial charge in [-0.1, -0.05) is 33.6 Å². The van der Waals surface area contributed by atoms with Gasteiger partial charge in [-0.05, 0) is 49.4 Å². The van der Waals surface area contributed by atoms with E-state index in [9.17, 15) is 15.2 Å². The first kappa shape index (κ1) is 18.6. The summed E-state index contributed by atoms with van der Waals surface area (Å²) in [5.41, 5.74) is 1.64. The van der Waals surface area contributed by atoms with Crippen molar-refractivity contribution in [1.82, 2.24) is 0 Å². The van der Waals surface area contributed by atoms with Gasteiger partial charge in [0.05, 0.1) is 10.6 Å². The Bertz CT molecular complexity index is 1000. The van der Waals surface area contributed by atoms with Crippen LogP contribution >= 0.6 is 15.9 Å². The molecule has 27 heavy (non-hydrogen) atoms. The number of nitro groups is 1. The smallest absolute Gasteiger partial charge is 0.312 e. The first-order valence-corrected chi connectivity index (χ1v) is 8.77. The van der Waals surface area contributed by atoms with Gasteiger partial charge in [-0.25, -0.2) is 0 Å². The molecule has 0 spiro atoms. The average molecular weight is 427 g/mol. The van der Waals surface area contributed by atoms with E-state index in [1.807, 2.05) is 31.2 Å². The fourth-order valence-corrected chi connectivity index (χ4v) is 2.79. The number of aromatic hydroxyl groups is 1. The molecule has 1 N–H and O–H groups in total. The van der Waals surface area contributed by atoms with Crippen molar-refractivity contribution >= 4 is 33.5 Å². The predicted octanol–water partition coefficient (Wildman–Crippen LogP) is 5.91. The number of phenolic OH excluding ortho intramolecular Hbond substituents is 1. The maximum atomic E-state index is 11.0. The van der Waals surface area contributed by atoms with Gasteiger partial charge in [0.1, 0.15) is 11.5 Å². The van der Waals surface area contributed by atoms with E-state index in [4.69, 9.17) is 4.74 Å². The number of nitro benzene ring substituents is 1. The van der Waals surface area contributed by atoms with E-state index in [0.29, 0.717) is 15.9 Å². The third kappa shape index (κ3) is 4.71. The molecule has 0 heterocycles. The van der Waals surface area contributed by atoms with Crippen LogP contribution in [-0.4, -0.2) is 16.2 Å². The van der Waals surface area contributed by atoms with Crippen LogP contribution in [0.3, 0.4) is 0 Å². The van der Waals surface area contributed by atoms with Crippen LogP contribution in [0.4, 0.5) is 11.4 Å². The highest BCUT2D eigenvalue weighted by Crippen LogP contribution is 2.33. The highest BCUT2D eigenvalue weighted by atomic mass is 79.9. The van der Waals surface area contributed by atoms with Crippen LogP contribution in [0, 0.1) is 17.0 Å². The number of phenols is 1. The third-order valence-corrected chi connectivity index (χ3v) is 4.18. The van der Waals surface area contributed by atoms with Crippen molar-refractivity contribution in [2.24, 2.45) is 4.99 Å². The van der Waals surface area contributed by atoms with Gasteiger partial charge in [0.25, 0.3) is 0 Å². The van der Waals surface area contributed by atoms with Gasteiger partial charge in [0.2, 0.25) is 5.75 Å². The molecule has 6 nitrogen and oxygen atoms in total. The predicted molar refractivity (Wildman–Crippen MR) is 107 cm³/mol. The molecule has 0 saturated carbocycles. The Hall–Kier alpha value is -3.19. The lowest BCUT2D eigenvalue weighted by atomic mass is 10.2. The largest absolute Gasteiger partial charge is 0.502 e. The summed E-state index contributed by atoms with van der Waals surface area (Å²) >= 11 is 3.19. The zero-order valence-electron chi connectivity index (χ0n) is 14.3. The second kappa shape index (κ2) is 8.01. The fourth-order valence-electron chi connectivity index (χ4n) is 2.33. The minimum absolute atomic E-state index is 0.246. The van der Waals surface area contributed by atoms with Gasteiger partial charge in [0, 0.05) is 22.3 Å². The van der Waals surface area contributed by atoms with Crippen LogP contribution in [0.25, 0.3) is 0 Å². The van der Waals surface area contributed by atoms with Gasteiger partial charge in [0.15, 0.2) is 0 Å². The van der Waals surface area contributed by atoms with Crippen LogP contribution in [0.1, 0.15) is 11.1 Å². The lowest BCUT2D eigenvalue weighted by molar-refractivity contribution is -0.385. The molecule has 7 heteroatoms. The molecule has 0 bridgehead atoms. The molecule has 3 aromatic carbocycles. The lowest BCUT2D eigenvalue weighted by Crippen LogP contribution is -1.92. The standard InChI is InChI=1S/C20H15BrN2O4/c1-13-2-6-17(7-3-13)27-18-8-4-16(5-9-18)22-12-14-10-15(21)11-19(20(14)24)23(25)26/h2-12,24H,1H3. The molecular formula is C20H15BrN2O4. The van der Waals surface area contributed by atoms with Crippen molar-refractivity contribution in [1.29, 1.82) is 0 Å². The molecule has 3 aromatic rings. The zero-order chi connectivity index (χ0) is 19.4. The average Bonchev–Trinajstić information content (AvgIpc) is 2.65. The van der Waals surface area contributed by atoms with Crippen molar-refractivity contribution in [3.05, 3.63) is 86.4 Å². The maximum absolute atomic E-state index is 11.0. The monoisotopic (exact) mass is 426 g/mol. The van der Waals surface area contributed by atoms with Gasteiger partial charge in [-0.2, -0.15) is 0 Å². The zero-order valence-corrected chi connectivity index (χ0v) is 15.9. The summed E-state index contributed by atoms with van der Waals surface area (Å²) in [7, 11) is 0. The Morgan fingerprint density at radius 1 is 1.07 bits per heavy atom. The summed E-state index contributed by atoms with van der Waals surface area (Å²) < 4.78 is 6.24. The molecule has 3 rings (SSSR count). The Morgan fingerprint density at radius 3 is 2.26 bits per heavy atom. The maximum Gasteiger partial charge on any atom is 0.312 e. The third-order valence-electron chi connectivity index (χ3n) is 3.73. The molecule has 0 fully saturated rings. The number of aliphatic imine (C=N–C) groups is 1. The second-order valence-electron chi connectivity index (χ2n) is 5.79. The molecule has 0 atom stereocenters. The fraction of sp³-hybridized carbons (Fsp3) is 0.0500. The lowest BCUT2D eigenvalue weighted by Gasteiger charge is -2.06. The van der Waals surface area contributed by atoms with Crippen LogP contribution in [-0.2, 0) is 0 Å². The van der Waals surface area contributed by atoms with E-state index < -0.39 is 10.7 Å². The molecule has 0 saturated heterocycles. The van der Waals surface area contributed by atoms with Crippen LogP contribution in [0.15, 0.2) is 70.1 Å². The molecule has 0 aliphatic rings. The van der Waals surface area contributed by atoms with E-state index in [0.717, 1.165) is 11.3 Å². The number of benzene rings is 3. The van der Waals surface area contributed by atoms with Crippen molar-refractivity contribution in [2.45, 2.75) is 6.92 Å². The second-order valence-corrected chi connectivity index (χ2v) is 6.70. The minimum atomic E-state index is -0.644. The topological polar surface area (TPSA) is 85.0 Å². The van der Waals surface area contributed by atoms with Gasteiger partial charge in [-0.3, -0.25) is 15.1 Å². The molecular weight excluding hydrogens is 412 g/mol. The summed E-state index contributed by atoms with van der Waals surface area (Å²) in [4.78, 5) is 14.6. The summed E-state index contributed by atoms with van der Waals surface area (Å²) in [6.07, 6.45) is 1.38. The van der Waals surface area contributed by atoms with Crippen molar-refractivity contribution in [2.75, 3.05) is 0 Å². The normalized spacial score (nSPS) is 10.9. The van der Waals surface area contributed by atoms with Gasteiger partial charge in [-0.15, -0.1) is 0 Å². The summed E-state index contributed by atoms with van der Waals surface area (Å²) in [6.45, 7) is 2.01. The minimum Gasteiger partial charge on any atom is -0.502 e. The first-order valence-electron chi connectivity index (χ1n) is 7.98. The van der Waals surface area contributed by atoms with Gasteiger partial charge >= 0.3 is 5.69 Å². The quantitative estimate of drug-likeness (QED) is 0.312. The number of hydrogen-bond donors (Lipinski definition) is 1. The number of halogens is 1. The summed E-state index contributed by atoms with van der Waals surface area (Å²) in [5, 5.41) is 21.0.